The topological polar surface area (TPSA) is 79.8 Å². The number of nitrogens with one attached hydrogen (secondary N) is 2. The lowest BCUT2D eigenvalue weighted by molar-refractivity contribution is 0.0940. The Balaban J connectivity index is 1.53. The van der Waals surface area contributed by atoms with Crippen LogP contribution in [0, 0.1) is 12.7 Å². The summed E-state index contributed by atoms with van der Waals surface area (Å²) < 4.78 is 14.7. The molecule has 0 bridgehead atoms. The second-order valence-electron chi connectivity index (χ2n) is 8.11. The largest absolute Gasteiger partial charge is 0.346 e. The number of H-pyrrole nitrogens is 1. The highest BCUT2D eigenvalue weighted by molar-refractivity contribution is 6.06. The highest BCUT2D eigenvalue weighted by Crippen LogP contribution is 2.23. The van der Waals surface area contributed by atoms with Crippen molar-refractivity contribution in [2.45, 2.75) is 19.9 Å². The van der Waals surface area contributed by atoms with Crippen molar-refractivity contribution >= 4 is 27.7 Å². The lowest BCUT2D eigenvalue weighted by Gasteiger charge is -2.14. The average molecular weight is 440 g/mol. The number of carbonyl (C=O) groups is 1. The molecule has 0 aliphatic rings. The summed E-state index contributed by atoms with van der Waals surface area (Å²) >= 11 is 0. The minimum Gasteiger partial charge on any atom is -0.346 e. The van der Waals surface area contributed by atoms with Gasteiger partial charge in [0.25, 0.3) is 11.5 Å². The number of carbonyl (C=O) groups excluding carboxylic acids is 1. The fraction of sp³-hybridized carbons (Fsp3) is 0.115. The summed E-state index contributed by atoms with van der Waals surface area (Å²) in [6, 6.07) is 18.5. The molecule has 0 spiro atoms. The van der Waals surface area contributed by atoms with Gasteiger partial charge in [0.05, 0.1) is 28.1 Å². The first kappa shape index (κ1) is 20.6. The van der Waals surface area contributed by atoms with E-state index < -0.39 is 0 Å². The summed E-state index contributed by atoms with van der Waals surface area (Å²) in [5.74, 6) is -0.596. The molecule has 0 unspecified atom stereocenters. The molecule has 5 rings (SSSR count). The second-order valence-corrected chi connectivity index (χ2v) is 8.11. The van der Waals surface area contributed by atoms with Gasteiger partial charge in [0.15, 0.2) is 0 Å². The van der Waals surface area contributed by atoms with Crippen molar-refractivity contribution in [1.29, 1.82) is 0 Å². The van der Waals surface area contributed by atoms with Crippen LogP contribution < -0.4 is 10.9 Å². The molecule has 2 N–H and O–H groups in total. The number of pyridine rings is 1. The molecule has 33 heavy (non-hydrogen) atoms. The molecule has 164 valence electrons. The molecular formula is C26H21FN4O2. The molecular weight excluding hydrogens is 419 g/mol. The Morgan fingerprint density at radius 3 is 2.48 bits per heavy atom. The third-order valence-electron chi connectivity index (χ3n) is 5.80. The molecule has 5 aromatic rings. The second kappa shape index (κ2) is 8.02. The SMILES string of the molecule is Cc1ccc(-n2[nH]c3c(cnc4ccc(C(=O)N[C@H](C)c5ccc(F)cc5)cc43)c2=O)cc1. The Kier molecular flexibility index (Phi) is 5.01. The Bertz CT molecular complexity index is 1550. The minimum absolute atomic E-state index is 0.206. The van der Waals surface area contributed by atoms with E-state index >= 15 is 0 Å². The zero-order chi connectivity index (χ0) is 23.1. The number of hydrogen-bond acceptors (Lipinski definition) is 3. The summed E-state index contributed by atoms with van der Waals surface area (Å²) in [6.45, 7) is 3.82. The molecule has 0 fully saturated rings. The third-order valence-corrected chi connectivity index (χ3v) is 5.80. The maximum Gasteiger partial charge on any atom is 0.280 e. The van der Waals surface area contributed by atoms with Crippen molar-refractivity contribution in [2.24, 2.45) is 0 Å². The van der Waals surface area contributed by atoms with E-state index in [4.69, 9.17) is 0 Å². The minimum atomic E-state index is -0.324. The molecule has 2 heterocycles. The Morgan fingerprint density at radius 2 is 1.76 bits per heavy atom. The predicted octanol–water partition coefficient (Wildman–Crippen LogP) is 4.81. The Hall–Kier alpha value is -4.26. The van der Waals surface area contributed by atoms with E-state index in [0.29, 0.717) is 27.4 Å². The van der Waals surface area contributed by atoms with Gasteiger partial charge >= 0.3 is 0 Å². The van der Waals surface area contributed by atoms with Gasteiger partial charge in [-0.2, -0.15) is 0 Å². The van der Waals surface area contributed by atoms with Gasteiger partial charge < -0.3 is 5.32 Å². The van der Waals surface area contributed by atoms with Gasteiger partial charge in [-0.25, -0.2) is 9.07 Å². The van der Waals surface area contributed by atoms with Gasteiger partial charge in [-0.1, -0.05) is 29.8 Å². The van der Waals surface area contributed by atoms with Crippen LogP contribution in [0.15, 0.2) is 77.7 Å². The molecule has 0 saturated heterocycles. The van der Waals surface area contributed by atoms with E-state index in [0.717, 1.165) is 16.8 Å². The van der Waals surface area contributed by atoms with Gasteiger partial charge in [0, 0.05) is 17.1 Å². The van der Waals surface area contributed by atoms with Crippen LogP contribution in [-0.2, 0) is 0 Å². The number of aromatic amines is 1. The quantitative estimate of drug-likeness (QED) is 0.421. The molecule has 7 heteroatoms. The van der Waals surface area contributed by atoms with Crippen LogP contribution in [-0.4, -0.2) is 20.7 Å². The van der Waals surface area contributed by atoms with Gasteiger partial charge in [0.2, 0.25) is 0 Å². The molecule has 1 atom stereocenters. The highest BCUT2D eigenvalue weighted by atomic mass is 19.1. The van der Waals surface area contributed by atoms with Crippen LogP contribution in [0.2, 0.25) is 0 Å². The van der Waals surface area contributed by atoms with Crippen molar-refractivity contribution < 1.29 is 9.18 Å². The molecule has 3 aromatic carbocycles. The third kappa shape index (κ3) is 3.78. The van der Waals surface area contributed by atoms with Gasteiger partial charge in [0.1, 0.15) is 5.82 Å². The molecule has 0 radical (unpaired) electrons. The average Bonchev–Trinajstić information content (AvgIpc) is 3.16. The number of halogens is 1. The van der Waals surface area contributed by atoms with E-state index in [2.05, 4.69) is 15.4 Å². The van der Waals surface area contributed by atoms with E-state index in [-0.39, 0.29) is 23.3 Å². The highest BCUT2D eigenvalue weighted by Gasteiger charge is 2.16. The monoisotopic (exact) mass is 440 g/mol. The van der Waals surface area contributed by atoms with Gasteiger partial charge in [-0.05, 0) is 61.9 Å². The van der Waals surface area contributed by atoms with Crippen LogP contribution in [0.5, 0.6) is 0 Å². The molecule has 1 amide bonds. The maximum absolute atomic E-state index is 13.2. The van der Waals surface area contributed by atoms with Gasteiger partial charge in [-0.3, -0.25) is 19.7 Å². The summed E-state index contributed by atoms with van der Waals surface area (Å²) in [5.41, 5.74) is 4.14. The van der Waals surface area contributed by atoms with Crippen LogP contribution in [0.1, 0.15) is 34.5 Å². The smallest absolute Gasteiger partial charge is 0.280 e. The zero-order valence-corrected chi connectivity index (χ0v) is 18.1. The Morgan fingerprint density at radius 1 is 1.03 bits per heavy atom. The Labute approximate surface area is 188 Å². The number of aryl methyl sites for hydroxylation is 1. The molecule has 0 aliphatic heterocycles. The number of benzene rings is 3. The molecule has 2 aromatic heterocycles. The summed E-state index contributed by atoms with van der Waals surface area (Å²) in [6.07, 6.45) is 1.55. The van der Waals surface area contributed by atoms with Crippen molar-refractivity contribution in [3.8, 4) is 5.69 Å². The number of aromatic nitrogens is 3. The van der Waals surface area contributed by atoms with Crippen LogP contribution in [0.25, 0.3) is 27.5 Å². The number of fused-ring (bicyclic) bond motifs is 3. The fourth-order valence-electron chi connectivity index (χ4n) is 3.89. The zero-order valence-electron chi connectivity index (χ0n) is 18.1. The summed E-state index contributed by atoms with van der Waals surface area (Å²) in [7, 11) is 0. The fourth-order valence-corrected chi connectivity index (χ4v) is 3.89. The number of rotatable bonds is 4. The van der Waals surface area contributed by atoms with Crippen molar-refractivity contribution in [2.75, 3.05) is 0 Å². The standard InChI is InChI=1S/C26H21FN4O2/c1-15-3-10-20(11-4-15)31-26(33)22-14-28-23-12-7-18(13-21(23)24(22)30-31)25(32)29-16(2)17-5-8-19(27)9-6-17/h3-14,16,30H,1-2H3,(H,29,32)/t16-/m1/s1. The van der Waals surface area contributed by atoms with Crippen LogP contribution >= 0.6 is 0 Å². The predicted molar refractivity (Wildman–Crippen MR) is 126 cm³/mol. The summed E-state index contributed by atoms with van der Waals surface area (Å²) in [5, 5.41) is 7.23. The molecule has 0 aliphatic carbocycles. The lowest BCUT2D eigenvalue weighted by Crippen LogP contribution is -2.26. The number of amides is 1. The van der Waals surface area contributed by atoms with Crippen LogP contribution in [0.3, 0.4) is 0 Å². The van der Waals surface area contributed by atoms with Crippen LogP contribution in [0.4, 0.5) is 4.39 Å². The van der Waals surface area contributed by atoms with Gasteiger partial charge in [-0.15, -0.1) is 0 Å². The maximum atomic E-state index is 13.2. The van der Waals surface area contributed by atoms with Crippen molar-refractivity contribution in [1.82, 2.24) is 20.1 Å². The van der Waals surface area contributed by atoms with E-state index in [1.54, 1.807) is 36.5 Å². The number of nitrogens with zero attached hydrogens (tertiary/aromatic N) is 2. The van der Waals surface area contributed by atoms with E-state index in [1.165, 1.54) is 16.8 Å². The number of hydrogen-bond donors (Lipinski definition) is 2. The lowest BCUT2D eigenvalue weighted by atomic mass is 10.1. The normalized spacial score (nSPS) is 12.2. The first-order chi connectivity index (χ1) is 15.9. The summed E-state index contributed by atoms with van der Waals surface area (Å²) in [4.78, 5) is 30.3. The van der Waals surface area contributed by atoms with Crippen molar-refractivity contribution in [3.63, 3.8) is 0 Å². The molecule has 6 nitrogen and oxygen atoms in total. The van der Waals surface area contributed by atoms with E-state index in [9.17, 15) is 14.0 Å². The molecule has 0 saturated carbocycles. The van der Waals surface area contributed by atoms with Crippen molar-refractivity contribution in [3.05, 3.63) is 106 Å². The first-order valence-corrected chi connectivity index (χ1v) is 10.6. The van der Waals surface area contributed by atoms with E-state index in [1.807, 2.05) is 38.1 Å². The first-order valence-electron chi connectivity index (χ1n) is 10.6.